The molecule has 1 aliphatic heterocycles. The Morgan fingerprint density at radius 2 is 1.69 bits per heavy atom. The largest absolute Gasteiger partial charge is 0.334 e. The molecule has 3 rings (SSSR count). The third-order valence-electron chi connectivity index (χ3n) is 4.80. The fraction of sp³-hybridized carbons (Fsp3) is 0.333. The molecule has 0 bridgehead atoms. The summed E-state index contributed by atoms with van der Waals surface area (Å²) in [5, 5.41) is 2.68. The zero-order chi connectivity index (χ0) is 18.4. The molecule has 2 aromatic carbocycles. The molecule has 0 radical (unpaired) electrons. The van der Waals surface area contributed by atoms with Crippen LogP contribution in [0, 0.1) is 5.92 Å². The van der Waals surface area contributed by atoms with Gasteiger partial charge in [0.2, 0.25) is 0 Å². The van der Waals surface area contributed by atoms with Gasteiger partial charge in [0.15, 0.2) is 0 Å². The first-order chi connectivity index (χ1) is 12.7. The maximum Gasteiger partial charge on any atom is 0.313 e. The number of rotatable bonds is 4. The topological polar surface area (TPSA) is 49.4 Å². The summed E-state index contributed by atoms with van der Waals surface area (Å²) < 4.78 is 0. The van der Waals surface area contributed by atoms with E-state index in [0.717, 1.165) is 24.8 Å². The molecule has 5 heteroatoms. The molecule has 1 saturated heterocycles. The number of anilines is 1. The molecule has 1 fully saturated rings. The van der Waals surface area contributed by atoms with Crippen LogP contribution in [0.15, 0.2) is 54.6 Å². The SMILES string of the molecule is O=C(Nc1cccc(CCl)c1)C(=O)N1CCC(Cc2ccccc2)CC1. The normalized spacial score (nSPS) is 14.9. The Morgan fingerprint density at radius 3 is 2.38 bits per heavy atom. The summed E-state index contributed by atoms with van der Waals surface area (Å²) in [7, 11) is 0. The summed E-state index contributed by atoms with van der Waals surface area (Å²) in [5.41, 5.74) is 2.83. The number of alkyl halides is 1. The van der Waals surface area contributed by atoms with Gasteiger partial charge in [0.1, 0.15) is 0 Å². The molecular formula is C21H23ClN2O2. The average molecular weight is 371 g/mol. The molecule has 1 heterocycles. The Bertz CT molecular complexity index is 756. The van der Waals surface area contributed by atoms with E-state index in [-0.39, 0.29) is 0 Å². The van der Waals surface area contributed by atoms with Crippen molar-refractivity contribution in [2.45, 2.75) is 25.1 Å². The molecule has 0 saturated carbocycles. The number of halogens is 1. The van der Waals surface area contributed by atoms with Crippen LogP contribution in [-0.2, 0) is 21.9 Å². The maximum absolute atomic E-state index is 12.4. The van der Waals surface area contributed by atoms with E-state index in [1.807, 2.05) is 18.2 Å². The number of piperidine rings is 1. The summed E-state index contributed by atoms with van der Waals surface area (Å²) in [6.07, 6.45) is 2.88. The van der Waals surface area contributed by atoms with E-state index in [2.05, 4.69) is 29.6 Å². The van der Waals surface area contributed by atoms with E-state index in [1.54, 1.807) is 17.0 Å². The standard InChI is InChI=1S/C21H23ClN2O2/c22-15-18-7-4-8-19(14-18)23-20(25)21(26)24-11-9-17(10-12-24)13-16-5-2-1-3-6-16/h1-8,14,17H,9-13,15H2,(H,23,25). The van der Waals surface area contributed by atoms with Gasteiger partial charge in [0.05, 0.1) is 0 Å². The molecule has 1 N–H and O–H groups in total. The van der Waals surface area contributed by atoms with Gasteiger partial charge in [0, 0.05) is 24.7 Å². The van der Waals surface area contributed by atoms with Crippen molar-refractivity contribution in [1.29, 1.82) is 0 Å². The van der Waals surface area contributed by atoms with Crippen LogP contribution in [-0.4, -0.2) is 29.8 Å². The second kappa shape index (κ2) is 8.86. The first-order valence-corrected chi connectivity index (χ1v) is 9.48. The van der Waals surface area contributed by atoms with Gasteiger partial charge in [-0.15, -0.1) is 11.6 Å². The molecule has 2 amide bonds. The molecule has 26 heavy (non-hydrogen) atoms. The predicted octanol–water partition coefficient (Wildman–Crippen LogP) is 3.85. The maximum atomic E-state index is 12.4. The fourth-order valence-corrected chi connectivity index (χ4v) is 3.51. The number of nitrogens with zero attached hydrogens (tertiary/aromatic N) is 1. The van der Waals surface area contributed by atoms with Gasteiger partial charge < -0.3 is 10.2 Å². The summed E-state index contributed by atoms with van der Waals surface area (Å²) in [6.45, 7) is 1.26. The number of hydrogen-bond donors (Lipinski definition) is 1. The quantitative estimate of drug-likeness (QED) is 0.656. The van der Waals surface area contributed by atoms with Crippen molar-refractivity contribution in [2.24, 2.45) is 5.92 Å². The molecule has 4 nitrogen and oxygen atoms in total. The van der Waals surface area contributed by atoms with Crippen molar-refractivity contribution in [3.8, 4) is 0 Å². The Hall–Kier alpha value is -2.33. The van der Waals surface area contributed by atoms with Crippen molar-refractivity contribution in [3.63, 3.8) is 0 Å². The Morgan fingerprint density at radius 1 is 1.00 bits per heavy atom. The lowest BCUT2D eigenvalue weighted by Gasteiger charge is -2.31. The summed E-state index contributed by atoms with van der Waals surface area (Å²) >= 11 is 5.80. The molecule has 0 atom stereocenters. The van der Waals surface area contributed by atoms with E-state index >= 15 is 0 Å². The van der Waals surface area contributed by atoms with Gasteiger partial charge >= 0.3 is 11.8 Å². The van der Waals surface area contributed by atoms with Crippen LogP contribution in [0.4, 0.5) is 5.69 Å². The van der Waals surface area contributed by atoms with Crippen molar-refractivity contribution in [1.82, 2.24) is 4.90 Å². The monoisotopic (exact) mass is 370 g/mol. The third kappa shape index (κ3) is 4.85. The van der Waals surface area contributed by atoms with E-state index in [4.69, 9.17) is 11.6 Å². The highest BCUT2D eigenvalue weighted by Gasteiger charge is 2.27. The van der Waals surface area contributed by atoms with Gasteiger partial charge in [-0.3, -0.25) is 9.59 Å². The van der Waals surface area contributed by atoms with Crippen LogP contribution in [0.5, 0.6) is 0 Å². The minimum absolute atomic E-state index is 0.368. The highest BCUT2D eigenvalue weighted by atomic mass is 35.5. The van der Waals surface area contributed by atoms with E-state index in [0.29, 0.717) is 30.6 Å². The molecule has 0 aliphatic carbocycles. The van der Waals surface area contributed by atoms with Crippen LogP contribution in [0.25, 0.3) is 0 Å². The third-order valence-corrected chi connectivity index (χ3v) is 5.11. The number of benzene rings is 2. The Labute approximate surface area is 159 Å². The lowest BCUT2D eigenvalue weighted by molar-refractivity contribution is -0.144. The smallest absolute Gasteiger partial charge is 0.313 e. The molecule has 2 aromatic rings. The molecule has 0 spiro atoms. The second-order valence-electron chi connectivity index (χ2n) is 6.71. The summed E-state index contributed by atoms with van der Waals surface area (Å²) in [6, 6.07) is 17.6. The number of likely N-dealkylation sites (tertiary alicyclic amines) is 1. The lowest BCUT2D eigenvalue weighted by atomic mass is 9.90. The average Bonchev–Trinajstić information content (AvgIpc) is 2.69. The first-order valence-electron chi connectivity index (χ1n) is 8.95. The summed E-state index contributed by atoms with van der Waals surface area (Å²) in [4.78, 5) is 26.3. The number of carbonyl (C=O) groups is 2. The van der Waals surface area contributed by atoms with Crippen molar-refractivity contribution in [2.75, 3.05) is 18.4 Å². The van der Waals surface area contributed by atoms with Crippen molar-refractivity contribution in [3.05, 3.63) is 65.7 Å². The van der Waals surface area contributed by atoms with Crippen molar-refractivity contribution < 1.29 is 9.59 Å². The number of amides is 2. The second-order valence-corrected chi connectivity index (χ2v) is 6.98. The van der Waals surface area contributed by atoms with Crippen LogP contribution in [0.1, 0.15) is 24.0 Å². The van der Waals surface area contributed by atoms with Crippen LogP contribution >= 0.6 is 11.6 Å². The predicted molar refractivity (Wildman–Crippen MR) is 104 cm³/mol. The van der Waals surface area contributed by atoms with E-state index in [1.165, 1.54) is 5.56 Å². The zero-order valence-corrected chi connectivity index (χ0v) is 15.4. The zero-order valence-electron chi connectivity index (χ0n) is 14.7. The molecule has 0 aromatic heterocycles. The number of hydrogen-bond acceptors (Lipinski definition) is 2. The van der Waals surface area contributed by atoms with E-state index < -0.39 is 11.8 Å². The van der Waals surface area contributed by atoms with Crippen molar-refractivity contribution >= 4 is 29.1 Å². The van der Waals surface area contributed by atoms with Gasteiger partial charge in [0.25, 0.3) is 0 Å². The Kier molecular flexibility index (Phi) is 6.29. The lowest BCUT2D eigenvalue weighted by Crippen LogP contribution is -2.44. The van der Waals surface area contributed by atoms with Gasteiger partial charge in [-0.05, 0) is 48.4 Å². The minimum atomic E-state index is -0.585. The van der Waals surface area contributed by atoms with Gasteiger partial charge in [-0.25, -0.2) is 0 Å². The molecule has 136 valence electrons. The first kappa shape index (κ1) is 18.5. The highest BCUT2D eigenvalue weighted by molar-refractivity contribution is 6.39. The van der Waals surface area contributed by atoms with Gasteiger partial charge in [-0.1, -0.05) is 42.5 Å². The summed E-state index contributed by atoms with van der Waals surface area (Å²) in [5.74, 6) is -0.116. The minimum Gasteiger partial charge on any atom is -0.334 e. The van der Waals surface area contributed by atoms with Crippen LogP contribution < -0.4 is 5.32 Å². The van der Waals surface area contributed by atoms with Crippen LogP contribution in [0.3, 0.4) is 0 Å². The number of nitrogens with one attached hydrogen (secondary N) is 1. The highest BCUT2D eigenvalue weighted by Crippen LogP contribution is 2.22. The fourth-order valence-electron chi connectivity index (χ4n) is 3.35. The Balaban J connectivity index is 1.50. The van der Waals surface area contributed by atoms with Crippen LogP contribution in [0.2, 0.25) is 0 Å². The molecular weight excluding hydrogens is 348 g/mol. The molecule has 1 aliphatic rings. The number of carbonyl (C=O) groups excluding carboxylic acids is 2. The molecule has 0 unspecified atom stereocenters. The van der Waals surface area contributed by atoms with Gasteiger partial charge in [-0.2, -0.15) is 0 Å². The van der Waals surface area contributed by atoms with E-state index in [9.17, 15) is 9.59 Å².